The molecule has 3 aromatic rings. The molecule has 0 aromatic carbocycles. The SMILES string of the molecule is O=S1(=O)c2cccnc2O[C@@H]2CN(Cc3nccs3)C[C@@H]2N1Cc1ccccn1. The lowest BCUT2D eigenvalue weighted by Gasteiger charge is -2.27. The normalized spacial score (nSPS) is 23.7. The molecule has 8 nitrogen and oxygen atoms in total. The summed E-state index contributed by atoms with van der Waals surface area (Å²) in [5, 5.41) is 2.94. The monoisotopic (exact) mass is 429 g/mol. The van der Waals surface area contributed by atoms with Crippen LogP contribution in [0.15, 0.2) is 59.2 Å². The number of hydrogen-bond acceptors (Lipinski definition) is 8. The van der Waals surface area contributed by atoms with Gasteiger partial charge in [0, 0.05) is 37.1 Å². The predicted octanol–water partition coefficient (Wildman–Crippen LogP) is 1.77. The molecule has 2 aliphatic heterocycles. The Bertz CT molecular complexity index is 1090. The van der Waals surface area contributed by atoms with Crippen molar-refractivity contribution in [3.8, 4) is 5.88 Å². The lowest BCUT2D eigenvalue weighted by Crippen LogP contribution is -2.46. The molecule has 0 N–H and O–H groups in total. The molecule has 0 radical (unpaired) electrons. The summed E-state index contributed by atoms with van der Waals surface area (Å²) in [6.07, 6.45) is 4.69. The summed E-state index contributed by atoms with van der Waals surface area (Å²) >= 11 is 1.59. The van der Waals surface area contributed by atoms with Crippen molar-refractivity contribution < 1.29 is 13.2 Å². The standard InChI is InChI=1S/C19H19N5O3S2/c25-29(26)17-5-3-7-22-19(17)27-16-12-23(13-18-21-8-9-28-18)11-15(16)24(29)10-14-4-1-2-6-20-14/h1-9,15-16H,10-13H2/t15-,16+/m0/s1. The van der Waals surface area contributed by atoms with Crippen LogP contribution in [0.3, 0.4) is 0 Å². The highest BCUT2D eigenvalue weighted by Gasteiger charge is 2.47. The van der Waals surface area contributed by atoms with Crippen molar-refractivity contribution in [1.82, 2.24) is 24.2 Å². The van der Waals surface area contributed by atoms with E-state index in [0.29, 0.717) is 25.3 Å². The second kappa shape index (κ2) is 7.45. The molecule has 5 heterocycles. The van der Waals surface area contributed by atoms with E-state index in [1.54, 1.807) is 42.1 Å². The second-order valence-corrected chi connectivity index (χ2v) is 9.86. The molecule has 29 heavy (non-hydrogen) atoms. The van der Waals surface area contributed by atoms with Crippen molar-refractivity contribution in [1.29, 1.82) is 0 Å². The van der Waals surface area contributed by atoms with Gasteiger partial charge in [-0.15, -0.1) is 11.3 Å². The highest BCUT2D eigenvalue weighted by atomic mass is 32.2. The molecule has 0 spiro atoms. The molecule has 0 unspecified atom stereocenters. The van der Waals surface area contributed by atoms with E-state index < -0.39 is 10.0 Å². The molecule has 0 bridgehead atoms. The van der Waals surface area contributed by atoms with E-state index in [0.717, 1.165) is 5.01 Å². The number of ether oxygens (including phenoxy) is 1. The van der Waals surface area contributed by atoms with Gasteiger partial charge in [-0.05, 0) is 24.3 Å². The third-order valence-electron chi connectivity index (χ3n) is 5.15. The van der Waals surface area contributed by atoms with E-state index in [2.05, 4.69) is 19.9 Å². The van der Waals surface area contributed by atoms with Gasteiger partial charge in [-0.25, -0.2) is 18.4 Å². The molecule has 0 aliphatic carbocycles. The van der Waals surface area contributed by atoms with Gasteiger partial charge in [0.05, 0.1) is 24.8 Å². The number of fused-ring (bicyclic) bond motifs is 2. The van der Waals surface area contributed by atoms with Crippen LogP contribution in [0, 0.1) is 0 Å². The van der Waals surface area contributed by atoms with Gasteiger partial charge in [0.1, 0.15) is 16.0 Å². The van der Waals surface area contributed by atoms with Crippen molar-refractivity contribution in [2.75, 3.05) is 13.1 Å². The van der Waals surface area contributed by atoms with Gasteiger partial charge in [0.2, 0.25) is 15.9 Å². The molecule has 0 amide bonds. The number of hydrogen-bond donors (Lipinski definition) is 0. The lowest BCUT2D eigenvalue weighted by atomic mass is 10.2. The maximum absolute atomic E-state index is 13.5. The summed E-state index contributed by atoms with van der Waals surface area (Å²) in [5.41, 5.74) is 0.695. The van der Waals surface area contributed by atoms with Gasteiger partial charge in [0.15, 0.2) is 0 Å². The minimum atomic E-state index is -3.79. The zero-order chi connectivity index (χ0) is 19.8. The van der Waals surface area contributed by atoms with Gasteiger partial charge in [0.25, 0.3) is 0 Å². The van der Waals surface area contributed by atoms with Crippen molar-refractivity contribution in [3.63, 3.8) is 0 Å². The Hall–Kier alpha value is -2.40. The average molecular weight is 430 g/mol. The van der Waals surface area contributed by atoms with Crippen molar-refractivity contribution in [3.05, 3.63) is 65.0 Å². The first-order chi connectivity index (χ1) is 14.1. The van der Waals surface area contributed by atoms with Gasteiger partial charge in [-0.2, -0.15) is 4.31 Å². The summed E-state index contributed by atoms with van der Waals surface area (Å²) in [7, 11) is -3.79. The largest absolute Gasteiger partial charge is 0.470 e. The van der Waals surface area contributed by atoms with Crippen LogP contribution in [-0.4, -0.2) is 57.8 Å². The van der Waals surface area contributed by atoms with Crippen LogP contribution in [0.25, 0.3) is 0 Å². The Kier molecular flexibility index (Phi) is 4.78. The van der Waals surface area contributed by atoms with Crippen LogP contribution in [0.1, 0.15) is 10.7 Å². The Morgan fingerprint density at radius 3 is 2.72 bits per heavy atom. The van der Waals surface area contributed by atoms with Gasteiger partial charge in [-0.3, -0.25) is 9.88 Å². The van der Waals surface area contributed by atoms with Crippen LogP contribution in [0.4, 0.5) is 0 Å². The second-order valence-electron chi connectivity index (χ2n) is 7.02. The summed E-state index contributed by atoms with van der Waals surface area (Å²) in [5.74, 6) is 0.169. The molecule has 5 rings (SSSR count). The van der Waals surface area contributed by atoms with Crippen LogP contribution in [0.2, 0.25) is 0 Å². The maximum Gasteiger partial charge on any atom is 0.249 e. The molecule has 0 saturated carbocycles. The van der Waals surface area contributed by atoms with E-state index in [1.165, 1.54) is 4.31 Å². The minimum Gasteiger partial charge on any atom is -0.470 e. The van der Waals surface area contributed by atoms with Crippen LogP contribution in [0.5, 0.6) is 5.88 Å². The summed E-state index contributed by atoms with van der Waals surface area (Å²) in [6.45, 7) is 2.02. The van der Waals surface area contributed by atoms with E-state index in [4.69, 9.17) is 4.74 Å². The fraction of sp³-hybridized carbons (Fsp3) is 0.316. The zero-order valence-electron chi connectivity index (χ0n) is 15.5. The quantitative estimate of drug-likeness (QED) is 0.624. The van der Waals surface area contributed by atoms with E-state index in [-0.39, 0.29) is 29.5 Å². The zero-order valence-corrected chi connectivity index (χ0v) is 17.1. The third kappa shape index (κ3) is 3.52. The summed E-state index contributed by atoms with van der Waals surface area (Å²) < 4.78 is 34.7. The molecule has 150 valence electrons. The number of nitrogens with zero attached hydrogens (tertiary/aromatic N) is 5. The molecule has 3 aromatic heterocycles. The molecular weight excluding hydrogens is 410 g/mol. The van der Waals surface area contributed by atoms with Gasteiger partial charge < -0.3 is 4.74 Å². The molecular formula is C19H19N5O3S2. The smallest absolute Gasteiger partial charge is 0.249 e. The highest BCUT2D eigenvalue weighted by molar-refractivity contribution is 7.89. The van der Waals surface area contributed by atoms with Crippen LogP contribution in [-0.2, 0) is 23.1 Å². The van der Waals surface area contributed by atoms with E-state index >= 15 is 0 Å². The van der Waals surface area contributed by atoms with Gasteiger partial charge >= 0.3 is 0 Å². The van der Waals surface area contributed by atoms with Crippen LogP contribution < -0.4 is 4.74 Å². The topological polar surface area (TPSA) is 88.5 Å². The molecule has 10 heteroatoms. The fourth-order valence-corrected chi connectivity index (χ4v) is 6.18. The first kappa shape index (κ1) is 18.6. The number of aromatic nitrogens is 3. The lowest BCUT2D eigenvalue weighted by molar-refractivity contribution is 0.143. The minimum absolute atomic E-state index is 0.108. The van der Waals surface area contributed by atoms with E-state index in [9.17, 15) is 8.42 Å². The summed E-state index contributed by atoms with van der Waals surface area (Å²) in [6, 6.07) is 8.35. The molecule has 1 saturated heterocycles. The van der Waals surface area contributed by atoms with E-state index in [1.807, 2.05) is 23.6 Å². The number of thiazole rings is 1. The Labute approximate surface area is 172 Å². The Morgan fingerprint density at radius 1 is 1.03 bits per heavy atom. The maximum atomic E-state index is 13.5. The van der Waals surface area contributed by atoms with Crippen molar-refractivity contribution in [2.24, 2.45) is 0 Å². The van der Waals surface area contributed by atoms with Gasteiger partial charge in [-0.1, -0.05) is 6.07 Å². The van der Waals surface area contributed by atoms with Crippen molar-refractivity contribution in [2.45, 2.75) is 30.1 Å². The Balaban J connectivity index is 1.52. The first-order valence-corrected chi connectivity index (χ1v) is 11.6. The first-order valence-electron chi connectivity index (χ1n) is 9.25. The fourth-order valence-electron chi connectivity index (χ4n) is 3.84. The highest BCUT2D eigenvalue weighted by Crippen LogP contribution is 2.36. The van der Waals surface area contributed by atoms with Crippen LogP contribution >= 0.6 is 11.3 Å². The number of likely N-dealkylation sites (tertiary alicyclic amines) is 1. The molecule has 1 fully saturated rings. The molecule has 2 aliphatic rings. The number of sulfonamides is 1. The predicted molar refractivity (Wildman–Crippen MR) is 107 cm³/mol. The number of pyridine rings is 2. The Morgan fingerprint density at radius 2 is 1.93 bits per heavy atom. The van der Waals surface area contributed by atoms with Crippen molar-refractivity contribution >= 4 is 21.4 Å². The average Bonchev–Trinajstić information content (AvgIpc) is 3.36. The third-order valence-corrected chi connectivity index (χ3v) is 7.80. The number of rotatable bonds is 4. The summed E-state index contributed by atoms with van der Waals surface area (Å²) in [4.78, 5) is 15.2. The molecule has 2 atom stereocenters.